The van der Waals surface area contributed by atoms with Crippen molar-refractivity contribution in [2.45, 2.75) is 51.6 Å². The molecule has 2 aliphatic rings. The van der Waals surface area contributed by atoms with Gasteiger partial charge in [0.15, 0.2) is 0 Å². The predicted octanol–water partition coefficient (Wildman–Crippen LogP) is 1.53. The van der Waals surface area contributed by atoms with Crippen molar-refractivity contribution in [2.24, 2.45) is 11.7 Å². The first-order valence-corrected chi connectivity index (χ1v) is 7.37. The van der Waals surface area contributed by atoms with Gasteiger partial charge in [0.25, 0.3) is 0 Å². The zero-order valence-electron chi connectivity index (χ0n) is 11.6. The molecule has 0 unspecified atom stereocenters. The molecule has 1 aliphatic heterocycles. The highest BCUT2D eigenvalue weighted by molar-refractivity contribution is 4.80. The molecule has 1 saturated heterocycles. The van der Waals surface area contributed by atoms with E-state index in [0.29, 0.717) is 12.1 Å². The number of likely N-dealkylation sites (tertiary alicyclic amines) is 1. The molecule has 2 rings (SSSR count). The summed E-state index contributed by atoms with van der Waals surface area (Å²) in [5, 5.41) is 0. The van der Waals surface area contributed by atoms with Crippen LogP contribution in [0.3, 0.4) is 0 Å². The minimum Gasteiger partial charge on any atom is -0.328 e. The van der Waals surface area contributed by atoms with Gasteiger partial charge in [0.2, 0.25) is 0 Å². The summed E-state index contributed by atoms with van der Waals surface area (Å²) in [6.07, 6.45) is 5.29. The molecule has 2 N–H and O–H groups in total. The lowest BCUT2D eigenvalue weighted by molar-refractivity contribution is 0.150. The molecule has 1 heterocycles. The first-order chi connectivity index (χ1) is 8.15. The van der Waals surface area contributed by atoms with Crippen molar-refractivity contribution in [1.29, 1.82) is 0 Å². The fourth-order valence-electron chi connectivity index (χ4n) is 2.64. The van der Waals surface area contributed by atoms with Gasteiger partial charge < -0.3 is 10.6 Å². The van der Waals surface area contributed by atoms with E-state index in [1.54, 1.807) is 0 Å². The molecule has 3 nitrogen and oxygen atoms in total. The van der Waals surface area contributed by atoms with Crippen LogP contribution in [-0.4, -0.2) is 54.6 Å². The Hall–Kier alpha value is -0.120. The molecule has 0 aromatic carbocycles. The number of hydrogen-bond acceptors (Lipinski definition) is 3. The Balaban J connectivity index is 1.67. The molecule has 0 aromatic heterocycles. The standard InChI is InChI=1S/C14H29N3/c1-12(2)17(11-13-3-4-13)10-9-16-7-5-14(15)6-8-16/h12-14H,3-11,15H2,1-2H3. The van der Waals surface area contributed by atoms with Crippen molar-refractivity contribution in [3.8, 4) is 0 Å². The van der Waals surface area contributed by atoms with Crippen LogP contribution in [0.15, 0.2) is 0 Å². The summed E-state index contributed by atoms with van der Waals surface area (Å²) in [6.45, 7) is 10.9. The third-order valence-electron chi connectivity index (χ3n) is 4.26. The molecule has 100 valence electrons. The van der Waals surface area contributed by atoms with Gasteiger partial charge in [0.1, 0.15) is 0 Å². The van der Waals surface area contributed by atoms with Gasteiger partial charge in [-0.25, -0.2) is 0 Å². The fraction of sp³-hybridized carbons (Fsp3) is 1.00. The first-order valence-electron chi connectivity index (χ1n) is 7.37. The average Bonchev–Trinajstić information content (AvgIpc) is 3.10. The van der Waals surface area contributed by atoms with E-state index >= 15 is 0 Å². The number of nitrogens with two attached hydrogens (primary N) is 1. The summed E-state index contributed by atoms with van der Waals surface area (Å²) in [5.74, 6) is 1.01. The molecule has 0 aromatic rings. The van der Waals surface area contributed by atoms with E-state index in [4.69, 9.17) is 5.73 Å². The van der Waals surface area contributed by atoms with Gasteiger partial charge in [-0.05, 0) is 58.5 Å². The highest BCUT2D eigenvalue weighted by atomic mass is 15.2. The molecule has 1 saturated carbocycles. The van der Waals surface area contributed by atoms with Crippen LogP contribution in [0.1, 0.15) is 39.5 Å². The summed E-state index contributed by atoms with van der Waals surface area (Å²) in [7, 11) is 0. The van der Waals surface area contributed by atoms with E-state index in [-0.39, 0.29) is 0 Å². The van der Waals surface area contributed by atoms with E-state index in [1.807, 2.05) is 0 Å². The Morgan fingerprint density at radius 3 is 2.35 bits per heavy atom. The van der Waals surface area contributed by atoms with Crippen LogP contribution in [0.4, 0.5) is 0 Å². The molecular weight excluding hydrogens is 210 g/mol. The molecule has 1 aliphatic carbocycles. The Bertz CT molecular complexity index is 218. The number of rotatable bonds is 6. The van der Waals surface area contributed by atoms with Gasteiger partial charge in [0.05, 0.1) is 0 Å². The summed E-state index contributed by atoms with van der Waals surface area (Å²) in [6, 6.07) is 1.15. The van der Waals surface area contributed by atoms with E-state index in [1.165, 1.54) is 58.4 Å². The van der Waals surface area contributed by atoms with Crippen LogP contribution in [0.25, 0.3) is 0 Å². The molecule has 0 spiro atoms. The van der Waals surface area contributed by atoms with Crippen LogP contribution in [0, 0.1) is 5.92 Å². The smallest absolute Gasteiger partial charge is 0.0112 e. The minimum absolute atomic E-state index is 0.457. The Kier molecular flexibility index (Phi) is 4.83. The third kappa shape index (κ3) is 4.57. The van der Waals surface area contributed by atoms with Gasteiger partial charge in [-0.2, -0.15) is 0 Å². The second-order valence-electron chi connectivity index (χ2n) is 6.21. The highest BCUT2D eigenvalue weighted by Gasteiger charge is 2.25. The molecule has 0 atom stereocenters. The van der Waals surface area contributed by atoms with Crippen LogP contribution >= 0.6 is 0 Å². The molecule has 3 heteroatoms. The van der Waals surface area contributed by atoms with Gasteiger partial charge in [0, 0.05) is 31.7 Å². The Morgan fingerprint density at radius 1 is 1.18 bits per heavy atom. The van der Waals surface area contributed by atoms with Crippen molar-refractivity contribution in [3.63, 3.8) is 0 Å². The van der Waals surface area contributed by atoms with Crippen molar-refractivity contribution in [1.82, 2.24) is 9.80 Å². The van der Waals surface area contributed by atoms with Crippen LogP contribution < -0.4 is 5.73 Å². The molecule has 17 heavy (non-hydrogen) atoms. The van der Waals surface area contributed by atoms with Crippen molar-refractivity contribution >= 4 is 0 Å². The zero-order chi connectivity index (χ0) is 12.3. The fourth-order valence-corrected chi connectivity index (χ4v) is 2.64. The molecular formula is C14H29N3. The summed E-state index contributed by atoms with van der Waals surface area (Å²) < 4.78 is 0. The lowest BCUT2D eigenvalue weighted by Crippen LogP contribution is -2.44. The molecule has 0 radical (unpaired) electrons. The van der Waals surface area contributed by atoms with E-state index < -0.39 is 0 Å². The number of nitrogens with zero attached hydrogens (tertiary/aromatic N) is 2. The van der Waals surface area contributed by atoms with Gasteiger partial charge in [-0.3, -0.25) is 4.90 Å². The third-order valence-corrected chi connectivity index (χ3v) is 4.26. The lowest BCUT2D eigenvalue weighted by atomic mass is 10.1. The summed E-state index contributed by atoms with van der Waals surface area (Å²) in [4.78, 5) is 5.25. The van der Waals surface area contributed by atoms with Crippen molar-refractivity contribution in [3.05, 3.63) is 0 Å². The molecule has 0 amide bonds. The van der Waals surface area contributed by atoms with Crippen molar-refractivity contribution < 1.29 is 0 Å². The SMILES string of the molecule is CC(C)N(CCN1CCC(N)CC1)CC1CC1. The molecule has 2 fully saturated rings. The summed E-state index contributed by atoms with van der Waals surface area (Å²) >= 11 is 0. The monoisotopic (exact) mass is 239 g/mol. The highest BCUT2D eigenvalue weighted by Crippen LogP contribution is 2.30. The lowest BCUT2D eigenvalue weighted by Gasteiger charge is -2.33. The van der Waals surface area contributed by atoms with E-state index in [0.717, 1.165) is 5.92 Å². The number of hydrogen-bond donors (Lipinski definition) is 1. The maximum Gasteiger partial charge on any atom is 0.0112 e. The average molecular weight is 239 g/mol. The zero-order valence-corrected chi connectivity index (χ0v) is 11.6. The van der Waals surface area contributed by atoms with E-state index in [9.17, 15) is 0 Å². The number of piperidine rings is 1. The Labute approximate surface area is 106 Å². The minimum atomic E-state index is 0.457. The molecule has 0 bridgehead atoms. The maximum atomic E-state index is 5.94. The predicted molar refractivity (Wildman–Crippen MR) is 73.1 cm³/mol. The second kappa shape index (κ2) is 6.17. The second-order valence-corrected chi connectivity index (χ2v) is 6.21. The van der Waals surface area contributed by atoms with Gasteiger partial charge >= 0.3 is 0 Å². The maximum absolute atomic E-state index is 5.94. The normalized spacial score (nSPS) is 23.8. The van der Waals surface area contributed by atoms with Gasteiger partial charge in [-0.1, -0.05) is 0 Å². The quantitative estimate of drug-likeness (QED) is 0.763. The summed E-state index contributed by atoms with van der Waals surface area (Å²) in [5.41, 5.74) is 5.94. The van der Waals surface area contributed by atoms with Crippen LogP contribution in [0.2, 0.25) is 0 Å². The van der Waals surface area contributed by atoms with Crippen LogP contribution in [0.5, 0.6) is 0 Å². The topological polar surface area (TPSA) is 32.5 Å². The van der Waals surface area contributed by atoms with Crippen molar-refractivity contribution in [2.75, 3.05) is 32.7 Å². The van der Waals surface area contributed by atoms with E-state index in [2.05, 4.69) is 23.6 Å². The first kappa shape index (κ1) is 13.3. The van der Waals surface area contributed by atoms with Crippen LogP contribution in [-0.2, 0) is 0 Å². The largest absolute Gasteiger partial charge is 0.328 e. The van der Waals surface area contributed by atoms with Gasteiger partial charge in [-0.15, -0.1) is 0 Å². The Morgan fingerprint density at radius 2 is 1.82 bits per heavy atom.